The molecule has 0 amide bonds. The molecule has 0 radical (unpaired) electrons. The summed E-state index contributed by atoms with van der Waals surface area (Å²) >= 11 is 0. The molecule has 1 N–H and O–H groups in total. The Morgan fingerprint density at radius 2 is 1.84 bits per heavy atom. The first kappa shape index (κ1) is 12.9. The minimum absolute atomic E-state index is 0.0204. The van der Waals surface area contributed by atoms with Crippen molar-refractivity contribution in [2.24, 2.45) is 0 Å². The average molecular weight is 272 g/mol. The third-order valence-corrected chi connectivity index (χ3v) is 3.38. The summed E-state index contributed by atoms with van der Waals surface area (Å²) in [5.74, 6) is -3.33. The molecule has 104 valence electrons. The lowest BCUT2D eigenvalue weighted by molar-refractivity contribution is -0.353. The van der Waals surface area contributed by atoms with Crippen LogP contribution in [0.5, 0.6) is 0 Å². The van der Waals surface area contributed by atoms with Gasteiger partial charge < -0.3 is 19.3 Å². The predicted octanol–water partition coefficient (Wildman–Crippen LogP) is 1.50. The van der Waals surface area contributed by atoms with Gasteiger partial charge in [-0.2, -0.15) is 0 Å². The predicted molar refractivity (Wildman–Crippen MR) is 60.7 cm³/mol. The van der Waals surface area contributed by atoms with Gasteiger partial charge in [0.05, 0.1) is 13.2 Å². The number of benzene rings is 1. The van der Waals surface area contributed by atoms with E-state index >= 15 is 0 Å². The Labute approximate surface area is 108 Å². The van der Waals surface area contributed by atoms with E-state index in [1.807, 2.05) is 6.07 Å². The van der Waals surface area contributed by atoms with Gasteiger partial charge in [0.25, 0.3) is 0 Å². The van der Waals surface area contributed by atoms with Gasteiger partial charge in [0.15, 0.2) is 12.4 Å². The lowest BCUT2D eigenvalue weighted by atomic mass is 9.98. The van der Waals surface area contributed by atoms with Crippen molar-refractivity contribution in [1.29, 1.82) is 0 Å². The highest BCUT2D eigenvalue weighted by Crippen LogP contribution is 2.39. The fourth-order valence-electron chi connectivity index (χ4n) is 2.30. The summed E-state index contributed by atoms with van der Waals surface area (Å²) in [6, 6.07) is 8.85. The SMILES string of the molecule is O[C@H]1CO[C@@H]2CO[C@@H](c3ccccc3)OC2C1(F)F. The number of alkyl halides is 2. The van der Waals surface area contributed by atoms with Gasteiger partial charge in [-0.05, 0) is 0 Å². The highest BCUT2D eigenvalue weighted by atomic mass is 19.3. The standard InChI is InChI=1S/C13H14F2O4/c14-13(15)10(16)7-17-9-6-18-12(19-11(9)13)8-4-2-1-3-5-8/h1-5,9-12,16H,6-7H2/t9-,10+,11?,12-/m1/s1. The number of rotatable bonds is 1. The van der Waals surface area contributed by atoms with Crippen LogP contribution in [0.1, 0.15) is 11.9 Å². The molecular weight excluding hydrogens is 258 g/mol. The minimum Gasteiger partial charge on any atom is -0.384 e. The van der Waals surface area contributed by atoms with Crippen molar-refractivity contribution in [3.63, 3.8) is 0 Å². The summed E-state index contributed by atoms with van der Waals surface area (Å²) in [5.41, 5.74) is 0.664. The van der Waals surface area contributed by atoms with E-state index in [0.29, 0.717) is 5.56 Å². The van der Waals surface area contributed by atoms with Crippen LogP contribution in [0.4, 0.5) is 8.78 Å². The van der Waals surface area contributed by atoms with Crippen LogP contribution in [-0.4, -0.2) is 42.6 Å². The van der Waals surface area contributed by atoms with Crippen molar-refractivity contribution in [3.05, 3.63) is 35.9 Å². The molecule has 19 heavy (non-hydrogen) atoms. The van der Waals surface area contributed by atoms with Crippen LogP contribution in [0.3, 0.4) is 0 Å². The number of aliphatic hydroxyl groups excluding tert-OH is 1. The monoisotopic (exact) mass is 272 g/mol. The Balaban J connectivity index is 1.81. The maximum absolute atomic E-state index is 13.9. The maximum Gasteiger partial charge on any atom is 0.303 e. The van der Waals surface area contributed by atoms with Crippen molar-refractivity contribution in [3.8, 4) is 0 Å². The molecule has 1 aromatic rings. The van der Waals surface area contributed by atoms with E-state index in [-0.39, 0.29) is 6.61 Å². The molecule has 4 atom stereocenters. The molecule has 2 aliphatic rings. The molecule has 2 heterocycles. The van der Waals surface area contributed by atoms with Crippen LogP contribution in [-0.2, 0) is 14.2 Å². The number of halogens is 2. The second-order valence-electron chi connectivity index (χ2n) is 4.69. The Hall–Kier alpha value is -1.08. The zero-order chi connectivity index (χ0) is 13.5. The van der Waals surface area contributed by atoms with Crippen molar-refractivity contribution < 1.29 is 28.1 Å². The van der Waals surface area contributed by atoms with Crippen LogP contribution >= 0.6 is 0 Å². The van der Waals surface area contributed by atoms with Crippen LogP contribution in [0, 0.1) is 0 Å². The zero-order valence-corrected chi connectivity index (χ0v) is 10.0. The number of aliphatic hydroxyl groups is 1. The quantitative estimate of drug-likeness (QED) is 0.841. The molecular formula is C13H14F2O4. The summed E-state index contributed by atoms with van der Waals surface area (Å²) in [5, 5.41) is 9.34. The number of hydrogen-bond donors (Lipinski definition) is 1. The normalized spacial score (nSPS) is 37.6. The van der Waals surface area contributed by atoms with Gasteiger partial charge in [-0.15, -0.1) is 0 Å². The number of ether oxygens (including phenoxy) is 3. The number of hydrogen-bond acceptors (Lipinski definition) is 4. The molecule has 0 bridgehead atoms. The second-order valence-corrected chi connectivity index (χ2v) is 4.69. The first-order valence-corrected chi connectivity index (χ1v) is 6.08. The lowest BCUT2D eigenvalue weighted by Gasteiger charge is -2.44. The molecule has 0 aliphatic carbocycles. The molecule has 0 saturated carbocycles. The molecule has 1 aromatic carbocycles. The molecule has 4 nitrogen and oxygen atoms in total. The topological polar surface area (TPSA) is 47.9 Å². The van der Waals surface area contributed by atoms with E-state index in [1.165, 1.54) is 0 Å². The summed E-state index contributed by atoms with van der Waals surface area (Å²) in [6.45, 7) is -0.385. The number of fused-ring (bicyclic) bond motifs is 1. The smallest absolute Gasteiger partial charge is 0.303 e. The molecule has 6 heteroatoms. The van der Waals surface area contributed by atoms with Crippen molar-refractivity contribution in [1.82, 2.24) is 0 Å². The Bertz CT molecular complexity index is 440. The molecule has 3 rings (SSSR count). The van der Waals surface area contributed by atoms with Gasteiger partial charge in [-0.1, -0.05) is 30.3 Å². The van der Waals surface area contributed by atoms with E-state index in [2.05, 4.69) is 0 Å². The summed E-state index contributed by atoms with van der Waals surface area (Å²) < 4.78 is 43.7. The van der Waals surface area contributed by atoms with Gasteiger partial charge in [0.1, 0.15) is 12.2 Å². The fourth-order valence-corrected chi connectivity index (χ4v) is 2.30. The summed E-state index contributed by atoms with van der Waals surface area (Å²) in [7, 11) is 0. The van der Waals surface area contributed by atoms with E-state index in [9.17, 15) is 13.9 Å². The van der Waals surface area contributed by atoms with Crippen LogP contribution in [0.15, 0.2) is 30.3 Å². The average Bonchev–Trinajstić information content (AvgIpc) is 2.44. The molecule has 2 saturated heterocycles. The van der Waals surface area contributed by atoms with Crippen molar-refractivity contribution >= 4 is 0 Å². The molecule has 0 aromatic heterocycles. The third-order valence-electron chi connectivity index (χ3n) is 3.38. The molecule has 0 spiro atoms. The molecule has 1 unspecified atom stereocenters. The van der Waals surface area contributed by atoms with E-state index in [0.717, 1.165) is 0 Å². The largest absolute Gasteiger partial charge is 0.384 e. The van der Waals surface area contributed by atoms with Crippen molar-refractivity contribution in [2.75, 3.05) is 13.2 Å². The Kier molecular flexibility index (Phi) is 3.26. The highest BCUT2D eigenvalue weighted by molar-refractivity contribution is 5.16. The van der Waals surface area contributed by atoms with E-state index in [4.69, 9.17) is 14.2 Å². The Morgan fingerprint density at radius 3 is 2.58 bits per heavy atom. The zero-order valence-electron chi connectivity index (χ0n) is 10.0. The Morgan fingerprint density at radius 1 is 1.11 bits per heavy atom. The van der Waals surface area contributed by atoms with Crippen molar-refractivity contribution in [2.45, 2.75) is 30.5 Å². The van der Waals surface area contributed by atoms with Gasteiger partial charge in [0, 0.05) is 5.56 Å². The van der Waals surface area contributed by atoms with E-state index < -0.39 is 37.1 Å². The molecule has 2 aliphatic heterocycles. The highest BCUT2D eigenvalue weighted by Gasteiger charge is 2.57. The summed E-state index contributed by atoms with van der Waals surface area (Å²) in [4.78, 5) is 0. The van der Waals surface area contributed by atoms with E-state index in [1.54, 1.807) is 24.3 Å². The molecule has 2 fully saturated rings. The van der Waals surface area contributed by atoms with Crippen LogP contribution in [0.25, 0.3) is 0 Å². The van der Waals surface area contributed by atoms with Gasteiger partial charge in [-0.25, -0.2) is 8.78 Å². The van der Waals surface area contributed by atoms with Gasteiger partial charge in [0.2, 0.25) is 0 Å². The minimum atomic E-state index is -3.33. The lowest BCUT2D eigenvalue weighted by Crippen LogP contribution is -2.62. The van der Waals surface area contributed by atoms with Crippen LogP contribution in [0.2, 0.25) is 0 Å². The maximum atomic E-state index is 13.9. The third kappa shape index (κ3) is 2.25. The first-order chi connectivity index (χ1) is 9.09. The van der Waals surface area contributed by atoms with Crippen LogP contribution < -0.4 is 0 Å². The van der Waals surface area contributed by atoms with Gasteiger partial charge in [-0.3, -0.25) is 0 Å². The second kappa shape index (κ2) is 4.79. The van der Waals surface area contributed by atoms with Gasteiger partial charge >= 0.3 is 5.92 Å². The summed E-state index contributed by atoms with van der Waals surface area (Å²) in [6.07, 6.45) is -5.04. The fraction of sp³-hybridized carbons (Fsp3) is 0.538. The first-order valence-electron chi connectivity index (χ1n) is 6.08.